The molecule has 7 aromatic rings. The summed E-state index contributed by atoms with van der Waals surface area (Å²) in [5.41, 5.74) is 30.4. The molecule has 0 radical (unpaired) electrons. The Balaban J connectivity index is 1.18. The van der Waals surface area contributed by atoms with Gasteiger partial charge in [0, 0.05) is 43.2 Å². The number of rotatable bonds is 3. The van der Waals surface area contributed by atoms with Gasteiger partial charge in [-0.3, -0.25) is 0 Å². The summed E-state index contributed by atoms with van der Waals surface area (Å²) in [5, 5.41) is 1.40. The van der Waals surface area contributed by atoms with Gasteiger partial charge in [0.25, 0.3) is 6.71 Å². The first kappa shape index (κ1) is 54.2. The molecular weight excluding hydrogens is 984 g/mol. The molecule has 3 heterocycles. The van der Waals surface area contributed by atoms with Crippen LogP contribution in [0.4, 0.5) is 34.1 Å². The second-order valence-electron chi connectivity index (χ2n) is 33.0. The van der Waals surface area contributed by atoms with Crippen molar-refractivity contribution in [3.8, 4) is 11.1 Å². The van der Waals surface area contributed by atoms with Gasteiger partial charge in [-0.15, -0.1) is 11.3 Å². The number of hydrogen-bond donors (Lipinski definition) is 0. The van der Waals surface area contributed by atoms with Crippen molar-refractivity contribution in [3.05, 3.63) is 146 Å². The van der Waals surface area contributed by atoms with E-state index in [0.717, 1.165) is 0 Å². The topological polar surface area (TPSA) is 6.48 Å². The lowest BCUT2D eigenvalue weighted by atomic mass is 9.35. The standard InChI is InChI=1S/C76H93BN2S/c1-44-34-62-65-63(35-44)79(60-25-22-46(68(3,4)5)37-49(60)48-39-54-52(36-45(48)2)70(8,9)28-29-72(54,12)13)66-50-40-55-58(76(20,21)33-30-73(55,14)15)43-64(50)80-67(66)77(65)59-41-56-57(75(18,19)32-31-74(56,16)17)42-61(59)78(62)47-23-24-51-53(38-47)71(10,11)27-26-69(51,6)7/h22-25,34-43H,26-33H2,1-21H3. The third-order valence-electron chi connectivity index (χ3n) is 22.4. The fourth-order valence-electron chi connectivity index (χ4n) is 16.4. The second-order valence-corrected chi connectivity index (χ2v) is 34.1. The Morgan fingerprint density at radius 1 is 0.412 bits per heavy atom. The van der Waals surface area contributed by atoms with Crippen molar-refractivity contribution in [1.29, 1.82) is 0 Å². The molecule has 0 amide bonds. The highest BCUT2D eigenvalue weighted by molar-refractivity contribution is 7.33. The quantitative estimate of drug-likeness (QED) is 0.163. The van der Waals surface area contributed by atoms with E-state index in [1.807, 2.05) is 0 Å². The first-order valence-corrected chi connectivity index (χ1v) is 31.9. The second kappa shape index (κ2) is 16.8. The van der Waals surface area contributed by atoms with Crippen LogP contribution in [-0.4, -0.2) is 6.71 Å². The Labute approximate surface area is 487 Å². The predicted molar refractivity (Wildman–Crippen MR) is 351 cm³/mol. The summed E-state index contributed by atoms with van der Waals surface area (Å²) < 4.78 is 2.90. The van der Waals surface area contributed by atoms with Crippen LogP contribution < -0.4 is 25.5 Å². The molecule has 0 atom stereocenters. The zero-order valence-corrected chi connectivity index (χ0v) is 53.9. The lowest BCUT2D eigenvalue weighted by molar-refractivity contribution is 0.332. The van der Waals surface area contributed by atoms with Crippen molar-refractivity contribution in [2.75, 3.05) is 9.80 Å². The van der Waals surface area contributed by atoms with Gasteiger partial charge < -0.3 is 9.80 Å². The minimum absolute atomic E-state index is 0.0403. The minimum Gasteiger partial charge on any atom is -0.311 e. The fraction of sp³-hybridized carbons (Fsp3) is 0.500. The monoisotopic (exact) mass is 1080 g/mol. The molecule has 0 N–H and O–H groups in total. The number of anilines is 6. The maximum Gasteiger partial charge on any atom is 0.264 e. The molecule has 0 spiro atoms. The van der Waals surface area contributed by atoms with Crippen molar-refractivity contribution in [1.82, 2.24) is 0 Å². The average Bonchev–Trinajstić information content (AvgIpc) is 3.94. The van der Waals surface area contributed by atoms with E-state index >= 15 is 0 Å². The third-order valence-corrected chi connectivity index (χ3v) is 23.6. The van der Waals surface area contributed by atoms with E-state index in [4.69, 9.17) is 0 Å². The summed E-state index contributed by atoms with van der Waals surface area (Å²) in [6.45, 7) is 52.0. The number of hydrogen-bond acceptors (Lipinski definition) is 3. The van der Waals surface area contributed by atoms with Crippen LogP contribution in [0.3, 0.4) is 0 Å². The highest BCUT2D eigenvalue weighted by Crippen LogP contribution is 2.58. The van der Waals surface area contributed by atoms with Crippen molar-refractivity contribution in [2.24, 2.45) is 0 Å². The third kappa shape index (κ3) is 7.88. The zero-order chi connectivity index (χ0) is 57.4. The van der Waals surface area contributed by atoms with Crippen molar-refractivity contribution >= 4 is 78.0 Å². The molecule has 13 rings (SSSR count). The summed E-state index contributed by atoms with van der Waals surface area (Å²) in [6, 6.07) is 36.5. The Morgan fingerprint density at radius 3 is 1.43 bits per heavy atom. The van der Waals surface area contributed by atoms with Gasteiger partial charge in [0.2, 0.25) is 0 Å². The van der Waals surface area contributed by atoms with Crippen LogP contribution in [0.2, 0.25) is 0 Å². The molecule has 6 aliphatic rings. The Hall–Kier alpha value is -5.06. The smallest absolute Gasteiger partial charge is 0.264 e. The van der Waals surface area contributed by atoms with Gasteiger partial charge >= 0.3 is 0 Å². The van der Waals surface area contributed by atoms with Gasteiger partial charge in [0.05, 0.1) is 11.4 Å². The van der Waals surface area contributed by atoms with E-state index in [1.165, 1.54) is 184 Å². The zero-order valence-electron chi connectivity index (χ0n) is 53.1. The molecule has 6 aromatic carbocycles. The summed E-state index contributed by atoms with van der Waals surface area (Å²) in [6.07, 6.45) is 9.51. The number of fused-ring (bicyclic) bond motifs is 10. The Kier molecular flexibility index (Phi) is 11.4. The van der Waals surface area contributed by atoms with Crippen LogP contribution in [0.15, 0.2) is 84.9 Å². The predicted octanol–water partition coefficient (Wildman–Crippen LogP) is 20.0. The van der Waals surface area contributed by atoms with E-state index in [9.17, 15) is 0 Å². The minimum atomic E-state index is -0.0474. The van der Waals surface area contributed by atoms with E-state index in [2.05, 4.69) is 251 Å². The number of nitrogens with zero attached hydrogens (tertiary/aromatic N) is 2. The first-order chi connectivity index (χ1) is 37.0. The van der Waals surface area contributed by atoms with Gasteiger partial charge in [-0.1, -0.05) is 156 Å². The molecule has 0 bridgehead atoms. The van der Waals surface area contributed by atoms with E-state index in [-0.39, 0.29) is 55.4 Å². The molecule has 4 aliphatic carbocycles. The maximum atomic E-state index is 2.83. The molecule has 80 heavy (non-hydrogen) atoms. The molecule has 1 aromatic heterocycles. The Morgan fingerprint density at radius 2 is 0.875 bits per heavy atom. The molecule has 2 aliphatic heterocycles. The summed E-state index contributed by atoms with van der Waals surface area (Å²) in [4.78, 5) is 5.58. The van der Waals surface area contributed by atoms with Crippen LogP contribution in [0, 0.1) is 13.8 Å². The van der Waals surface area contributed by atoms with Gasteiger partial charge in [-0.2, -0.15) is 0 Å². The maximum absolute atomic E-state index is 2.83. The lowest BCUT2D eigenvalue weighted by Gasteiger charge is -2.47. The van der Waals surface area contributed by atoms with Crippen molar-refractivity contribution < 1.29 is 0 Å². The van der Waals surface area contributed by atoms with Gasteiger partial charge in [0.1, 0.15) is 0 Å². The van der Waals surface area contributed by atoms with Crippen LogP contribution in [-0.2, 0) is 48.7 Å². The molecule has 0 fully saturated rings. The average molecular weight is 1080 g/mol. The SMILES string of the molecule is Cc1cc2c3c(c1)N(c1ccc(C(C)(C)C)cc1-c1cc4c(cc1C)C(C)(C)CCC4(C)C)c1c(sc4cc5c(cc14)C(C)(C)CCC5(C)C)B3c1cc3c(cc1N2c1ccc2c(c1)C(C)(C)CCC2(C)C)C(C)(C)CCC3(C)C. The largest absolute Gasteiger partial charge is 0.311 e. The van der Waals surface area contributed by atoms with Crippen LogP contribution in [0.25, 0.3) is 21.2 Å². The van der Waals surface area contributed by atoms with Crippen LogP contribution >= 0.6 is 11.3 Å². The van der Waals surface area contributed by atoms with Crippen molar-refractivity contribution in [2.45, 2.75) is 245 Å². The fourth-order valence-corrected chi connectivity index (χ4v) is 17.7. The van der Waals surface area contributed by atoms with Crippen LogP contribution in [0.1, 0.15) is 244 Å². The van der Waals surface area contributed by atoms with E-state index in [1.54, 1.807) is 0 Å². The number of aryl methyl sites for hydroxylation is 2. The summed E-state index contributed by atoms with van der Waals surface area (Å²) in [5.74, 6) is 0. The molecule has 416 valence electrons. The summed E-state index contributed by atoms with van der Waals surface area (Å²) >= 11 is 2.10. The number of benzene rings is 6. The lowest BCUT2D eigenvalue weighted by Crippen LogP contribution is -2.61. The highest BCUT2D eigenvalue weighted by atomic mass is 32.1. The van der Waals surface area contributed by atoms with Gasteiger partial charge in [0.15, 0.2) is 0 Å². The van der Waals surface area contributed by atoms with Gasteiger partial charge in [-0.05, 0) is 252 Å². The summed E-state index contributed by atoms with van der Waals surface area (Å²) in [7, 11) is 0. The van der Waals surface area contributed by atoms with Crippen molar-refractivity contribution in [3.63, 3.8) is 0 Å². The van der Waals surface area contributed by atoms with E-state index in [0.29, 0.717) is 0 Å². The van der Waals surface area contributed by atoms with Crippen LogP contribution in [0.5, 0.6) is 0 Å². The molecule has 0 unspecified atom stereocenters. The molecule has 4 heteroatoms. The first-order valence-electron chi connectivity index (χ1n) is 31.0. The van der Waals surface area contributed by atoms with E-state index < -0.39 is 0 Å². The molecule has 0 saturated carbocycles. The normalized spacial score (nSPS) is 21.6. The molecule has 2 nitrogen and oxygen atoms in total. The van der Waals surface area contributed by atoms with Gasteiger partial charge in [-0.25, -0.2) is 0 Å². The highest BCUT2D eigenvalue weighted by Gasteiger charge is 2.50. The number of thiophene rings is 1. The molecule has 0 saturated heterocycles. The molecular formula is C76H93BN2S. The Bertz CT molecular complexity index is 3820.